The molecule has 0 saturated carbocycles. The summed E-state index contributed by atoms with van der Waals surface area (Å²) in [4.78, 5) is 5.49. The number of fused-ring (bicyclic) bond motifs is 1. The Morgan fingerprint density at radius 2 is 1.81 bits per heavy atom. The fraction of sp³-hybridized carbons (Fsp3) is 0.158. The van der Waals surface area contributed by atoms with Gasteiger partial charge in [0.2, 0.25) is 5.16 Å². The Morgan fingerprint density at radius 1 is 1.08 bits per heavy atom. The van der Waals surface area contributed by atoms with E-state index in [1.807, 2.05) is 55.5 Å². The lowest BCUT2D eigenvalue weighted by molar-refractivity contribution is 0.122. The molecule has 0 bridgehead atoms. The van der Waals surface area contributed by atoms with Crippen LogP contribution >= 0.6 is 11.8 Å². The number of hydrogen-bond acceptors (Lipinski definition) is 6. The Kier molecular flexibility index (Phi) is 4.79. The first-order valence-corrected chi connectivity index (χ1v) is 9.22. The minimum atomic E-state index is 0.212. The van der Waals surface area contributed by atoms with Gasteiger partial charge in [-0.3, -0.25) is 0 Å². The molecule has 0 unspecified atom stereocenters. The number of thioether (sulfide) groups is 1. The molecule has 0 spiro atoms. The molecule has 130 valence electrons. The van der Waals surface area contributed by atoms with Gasteiger partial charge in [0.1, 0.15) is 0 Å². The second-order valence-electron chi connectivity index (χ2n) is 5.73. The molecule has 4 rings (SSSR count). The van der Waals surface area contributed by atoms with E-state index in [2.05, 4.69) is 27.5 Å². The minimum Gasteiger partial charge on any atom is -0.387 e. The highest BCUT2D eigenvalue weighted by Gasteiger charge is 2.20. The highest BCUT2D eigenvalue weighted by molar-refractivity contribution is 7.99. The Morgan fingerprint density at radius 3 is 2.58 bits per heavy atom. The monoisotopic (exact) mass is 363 g/mol. The summed E-state index contributed by atoms with van der Waals surface area (Å²) in [6.45, 7) is 2.12. The van der Waals surface area contributed by atoms with Crippen LogP contribution in [0.4, 0.5) is 0 Å². The van der Waals surface area contributed by atoms with E-state index in [9.17, 15) is 0 Å². The van der Waals surface area contributed by atoms with Crippen molar-refractivity contribution in [1.29, 1.82) is 0 Å². The van der Waals surface area contributed by atoms with Crippen molar-refractivity contribution < 1.29 is 4.84 Å². The molecule has 2 aromatic carbocycles. The molecule has 6 nitrogen and oxygen atoms in total. The summed E-state index contributed by atoms with van der Waals surface area (Å²) in [5, 5.41) is 18.0. The summed E-state index contributed by atoms with van der Waals surface area (Å²) in [6.07, 6.45) is 0. The minimum absolute atomic E-state index is 0.212. The SMILES string of the molecule is C/C(=N\OCc1nnc2n1N=C(c1ccccc1)CS2)c1ccccc1. The van der Waals surface area contributed by atoms with E-state index in [-0.39, 0.29) is 6.61 Å². The zero-order valence-corrected chi connectivity index (χ0v) is 15.1. The van der Waals surface area contributed by atoms with Crippen molar-refractivity contribution >= 4 is 23.2 Å². The van der Waals surface area contributed by atoms with Gasteiger partial charge in [-0.25, -0.2) is 0 Å². The molecule has 0 radical (unpaired) electrons. The van der Waals surface area contributed by atoms with E-state index in [1.54, 1.807) is 16.4 Å². The van der Waals surface area contributed by atoms with Crippen LogP contribution in [0.25, 0.3) is 0 Å². The van der Waals surface area contributed by atoms with Crippen LogP contribution in [0.15, 0.2) is 76.1 Å². The fourth-order valence-electron chi connectivity index (χ4n) is 2.55. The molecule has 0 amide bonds. The molecule has 3 aromatic rings. The van der Waals surface area contributed by atoms with Crippen molar-refractivity contribution in [2.45, 2.75) is 18.7 Å². The van der Waals surface area contributed by atoms with Crippen LogP contribution in [0.2, 0.25) is 0 Å². The lowest BCUT2D eigenvalue weighted by Crippen LogP contribution is -2.14. The van der Waals surface area contributed by atoms with Crippen LogP contribution in [-0.2, 0) is 11.4 Å². The van der Waals surface area contributed by atoms with E-state index < -0.39 is 0 Å². The summed E-state index contributed by atoms with van der Waals surface area (Å²) in [5.74, 6) is 1.40. The van der Waals surface area contributed by atoms with Crippen molar-refractivity contribution in [2.75, 3.05) is 5.75 Å². The van der Waals surface area contributed by atoms with Crippen LogP contribution in [0.1, 0.15) is 23.9 Å². The van der Waals surface area contributed by atoms with Gasteiger partial charge >= 0.3 is 0 Å². The number of hydrogen-bond donors (Lipinski definition) is 0. The number of rotatable bonds is 5. The van der Waals surface area contributed by atoms with Gasteiger partial charge in [-0.05, 0) is 18.1 Å². The van der Waals surface area contributed by atoms with Crippen molar-refractivity contribution in [2.24, 2.45) is 10.3 Å². The topological polar surface area (TPSA) is 64.7 Å². The van der Waals surface area contributed by atoms with Crippen molar-refractivity contribution in [3.05, 3.63) is 77.6 Å². The third kappa shape index (κ3) is 3.52. The molecule has 0 N–H and O–H groups in total. The average Bonchev–Trinajstić information content (AvgIpc) is 3.11. The molecule has 1 aromatic heterocycles. The molecule has 2 heterocycles. The van der Waals surface area contributed by atoms with E-state index in [4.69, 9.17) is 9.94 Å². The van der Waals surface area contributed by atoms with Crippen molar-refractivity contribution in [3.63, 3.8) is 0 Å². The number of nitrogens with zero attached hydrogens (tertiary/aromatic N) is 5. The maximum Gasteiger partial charge on any atom is 0.212 e. The van der Waals surface area contributed by atoms with Crippen molar-refractivity contribution in [3.8, 4) is 0 Å². The standard InChI is InChI=1S/C19H17N5OS/c1-14(15-8-4-2-5-9-15)23-25-12-18-20-21-19-24(18)22-17(13-26-19)16-10-6-3-7-11-16/h2-11H,12-13H2,1H3/b23-14+. The van der Waals surface area contributed by atoms with E-state index in [0.717, 1.165) is 33.5 Å². The summed E-state index contributed by atoms with van der Waals surface area (Å²) in [7, 11) is 0. The zero-order valence-electron chi connectivity index (χ0n) is 14.2. The highest BCUT2D eigenvalue weighted by atomic mass is 32.2. The predicted molar refractivity (Wildman–Crippen MR) is 103 cm³/mol. The zero-order chi connectivity index (χ0) is 17.8. The summed E-state index contributed by atoms with van der Waals surface area (Å²) in [5.41, 5.74) is 3.93. The average molecular weight is 363 g/mol. The Bertz CT molecular complexity index is 951. The number of aromatic nitrogens is 3. The first-order chi connectivity index (χ1) is 12.8. The van der Waals surface area contributed by atoms with Gasteiger partial charge in [-0.2, -0.15) is 9.78 Å². The lowest BCUT2D eigenvalue weighted by atomic mass is 10.1. The third-order valence-electron chi connectivity index (χ3n) is 3.93. The van der Waals surface area contributed by atoms with Gasteiger partial charge in [0.15, 0.2) is 12.4 Å². The molecule has 26 heavy (non-hydrogen) atoms. The maximum absolute atomic E-state index is 5.49. The van der Waals surface area contributed by atoms with Crippen LogP contribution in [0.5, 0.6) is 0 Å². The smallest absolute Gasteiger partial charge is 0.212 e. The molecule has 0 fully saturated rings. The normalized spacial score (nSPS) is 13.9. The Balaban J connectivity index is 1.50. The summed E-state index contributed by atoms with van der Waals surface area (Å²) >= 11 is 1.62. The van der Waals surface area contributed by atoms with Gasteiger partial charge < -0.3 is 4.84 Å². The predicted octanol–water partition coefficient (Wildman–Crippen LogP) is 3.58. The largest absolute Gasteiger partial charge is 0.387 e. The lowest BCUT2D eigenvalue weighted by Gasteiger charge is -2.13. The molecule has 0 atom stereocenters. The van der Waals surface area contributed by atoms with Crippen LogP contribution in [0, 0.1) is 0 Å². The second kappa shape index (κ2) is 7.53. The number of benzene rings is 2. The fourth-order valence-corrected chi connectivity index (χ4v) is 3.41. The van der Waals surface area contributed by atoms with Crippen molar-refractivity contribution in [1.82, 2.24) is 14.9 Å². The van der Waals surface area contributed by atoms with Gasteiger partial charge in [-0.15, -0.1) is 10.2 Å². The molecule has 7 heteroatoms. The van der Waals surface area contributed by atoms with Gasteiger partial charge in [0.25, 0.3) is 0 Å². The third-order valence-corrected chi connectivity index (χ3v) is 4.86. The summed E-state index contributed by atoms with van der Waals surface area (Å²) in [6, 6.07) is 20.0. The van der Waals surface area contributed by atoms with Crippen LogP contribution in [0.3, 0.4) is 0 Å². The molecular weight excluding hydrogens is 346 g/mol. The quantitative estimate of drug-likeness (QED) is 0.513. The first kappa shape index (κ1) is 16.5. The second-order valence-corrected chi connectivity index (χ2v) is 6.67. The van der Waals surface area contributed by atoms with Gasteiger partial charge in [0.05, 0.1) is 11.4 Å². The van der Waals surface area contributed by atoms with Gasteiger partial charge in [-0.1, -0.05) is 77.6 Å². The van der Waals surface area contributed by atoms with Crippen LogP contribution in [-0.4, -0.2) is 32.0 Å². The van der Waals surface area contributed by atoms with E-state index in [0.29, 0.717) is 5.82 Å². The molecule has 0 saturated heterocycles. The Hall–Kier alpha value is -2.93. The summed E-state index contributed by atoms with van der Waals surface area (Å²) < 4.78 is 1.74. The van der Waals surface area contributed by atoms with E-state index >= 15 is 0 Å². The molecule has 1 aliphatic rings. The van der Waals surface area contributed by atoms with E-state index in [1.165, 1.54) is 0 Å². The Labute approximate surface area is 155 Å². The highest BCUT2D eigenvalue weighted by Crippen LogP contribution is 2.24. The number of oxime groups is 1. The van der Waals surface area contributed by atoms with Gasteiger partial charge in [0, 0.05) is 5.75 Å². The van der Waals surface area contributed by atoms with Crippen LogP contribution < -0.4 is 0 Å². The molecule has 1 aliphatic heterocycles. The molecule has 0 aliphatic carbocycles. The maximum atomic E-state index is 5.49. The molecular formula is C19H17N5OS. The first-order valence-electron chi connectivity index (χ1n) is 8.23.